The Morgan fingerprint density at radius 3 is 2.62 bits per heavy atom. The van der Waals surface area contributed by atoms with Crippen molar-refractivity contribution < 1.29 is 31.9 Å². The molecule has 0 bridgehead atoms. The molecule has 2 fully saturated rings. The van der Waals surface area contributed by atoms with E-state index in [9.17, 15) is 31.9 Å². The number of carbonyl (C=O) groups is 3. The number of rotatable bonds is 6. The Morgan fingerprint density at radius 2 is 1.94 bits per heavy atom. The number of fused-ring (bicyclic) bond motifs is 2. The van der Waals surface area contributed by atoms with E-state index in [0.29, 0.717) is 23.7 Å². The number of benzene rings is 1. The highest BCUT2D eigenvalue weighted by atomic mass is 19.4. The summed E-state index contributed by atoms with van der Waals surface area (Å²) < 4.78 is 51.3. The Balaban J connectivity index is 1.49. The second-order valence-corrected chi connectivity index (χ2v) is 7.85. The second kappa shape index (κ2) is 7.92. The van der Waals surface area contributed by atoms with Crippen LogP contribution in [0.1, 0.15) is 23.3 Å². The van der Waals surface area contributed by atoms with Crippen molar-refractivity contribution in [3.05, 3.63) is 41.9 Å². The van der Waals surface area contributed by atoms with Crippen LogP contribution in [0.25, 0.3) is 10.9 Å². The Kier molecular flexibility index (Phi) is 5.39. The number of nitrogens with two attached hydrogens (primary N) is 1. The van der Waals surface area contributed by atoms with Crippen molar-refractivity contribution in [2.24, 2.45) is 11.7 Å². The summed E-state index contributed by atoms with van der Waals surface area (Å²) in [6.07, 6.45) is -4.30. The van der Waals surface area contributed by atoms with E-state index in [4.69, 9.17) is 5.73 Å². The van der Waals surface area contributed by atoms with E-state index in [1.165, 1.54) is 9.58 Å². The van der Waals surface area contributed by atoms with Gasteiger partial charge in [-0.25, -0.2) is 4.39 Å². The molecule has 32 heavy (non-hydrogen) atoms. The van der Waals surface area contributed by atoms with Gasteiger partial charge in [-0.3, -0.25) is 19.1 Å². The van der Waals surface area contributed by atoms with Crippen LogP contribution in [0, 0.1) is 5.92 Å². The largest absolute Gasteiger partial charge is 0.412 e. The van der Waals surface area contributed by atoms with Crippen molar-refractivity contribution in [2.75, 3.05) is 6.54 Å². The summed E-state index contributed by atoms with van der Waals surface area (Å²) in [6.45, 7) is -1.18. The number of carbonyl (C=O) groups excluding carboxylic acids is 3. The lowest BCUT2D eigenvalue weighted by Gasteiger charge is -2.27. The summed E-state index contributed by atoms with van der Waals surface area (Å²) in [5.74, 6) is -3.33. The maximum atomic E-state index is 13.4. The van der Waals surface area contributed by atoms with Gasteiger partial charge in [0.15, 0.2) is 5.69 Å². The van der Waals surface area contributed by atoms with Crippen molar-refractivity contribution in [1.29, 1.82) is 0 Å². The number of amides is 3. The van der Waals surface area contributed by atoms with Gasteiger partial charge >= 0.3 is 6.18 Å². The molecule has 170 valence electrons. The maximum absolute atomic E-state index is 13.4. The molecule has 1 saturated carbocycles. The molecule has 4 rings (SSSR count). The molecular formula is C20H19F4N5O3. The number of nitrogens with one attached hydrogen (secondary N) is 1. The molecule has 0 unspecified atom stereocenters. The second-order valence-electron chi connectivity index (χ2n) is 7.85. The van der Waals surface area contributed by atoms with Crippen molar-refractivity contribution in [3.63, 3.8) is 0 Å². The molecule has 3 amide bonds. The number of alkyl halides is 3. The SMILES string of the molecule is NC(=O)c1nn(CC(=O)N2[C@@H]3C[C@@H]3C[C@H]2C(=O)NCC(F)=CC(F)(F)F)c2ccccc12. The van der Waals surface area contributed by atoms with Crippen LogP contribution in [0.2, 0.25) is 0 Å². The molecule has 3 N–H and O–H groups in total. The van der Waals surface area contributed by atoms with E-state index >= 15 is 0 Å². The van der Waals surface area contributed by atoms with Crippen LogP contribution in [0.5, 0.6) is 0 Å². The summed E-state index contributed by atoms with van der Waals surface area (Å²) in [5, 5.41) is 6.74. The lowest BCUT2D eigenvalue weighted by molar-refractivity contribution is -0.140. The number of hydrogen-bond acceptors (Lipinski definition) is 4. The average Bonchev–Trinajstić information content (AvgIpc) is 3.21. The zero-order valence-electron chi connectivity index (χ0n) is 16.6. The molecule has 1 aliphatic carbocycles. The number of piperidine rings is 1. The fraction of sp³-hybridized carbons (Fsp3) is 0.400. The van der Waals surface area contributed by atoms with Gasteiger partial charge in [0.1, 0.15) is 18.4 Å². The highest BCUT2D eigenvalue weighted by molar-refractivity contribution is 6.04. The summed E-state index contributed by atoms with van der Waals surface area (Å²) in [6, 6.07) is 5.65. The van der Waals surface area contributed by atoms with Crippen molar-refractivity contribution in [2.45, 2.75) is 37.6 Å². The smallest absolute Gasteiger partial charge is 0.364 e. The normalized spacial score (nSPS) is 22.7. The number of nitrogens with zero attached hydrogens (tertiary/aromatic N) is 3. The Labute approximate surface area is 179 Å². The first-order valence-electron chi connectivity index (χ1n) is 9.83. The molecule has 2 aliphatic rings. The fourth-order valence-electron chi connectivity index (χ4n) is 4.21. The third-order valence-electron chi connectivity index (χ3n) is 5.62. The zero-order valence-corrected chi connectivity index (χ0v) is 16.6. The van der Waals surface area contributed by atoms with Gasteiger partial charge in [0.05, 0.1) is 18.1 Å². The summed E-state index contributed by atoms with van der Waals surface area (Å²) in [4.78, 5) is 38.6. The average molecular weight is 453 g/mol. The van der Waals surface area contributed by atoms with Crippen LogP contribution in [-0.2, 0) is 16.1 Å². The van der Waals surface area contributed by atoms with Crippen molar-refractivity contribution >= 4 is 28.6 Å². The number of aromatic nitrogens is 2. The van der Waals surface area contributed by atoms with Crippen LogP contribution in [0.15, 0.2) is 36.2 Å². The molecular weight excluding hydrogens is 434 g/mol. The van der Waals surface area contributed by atoms with Crippen LogP contribution in [0.4, 0.5) is 17.6 Å². The van der Waals surface area contributed by atoms with Crippen molar-refractivity contribution in [1.82, 2.24) is 20.0 Å². The molecule has 3 atom stereocenters. The quantitative estimate of drug-likeness (QED) is 0.648. The number of allylic oxidation sites excluding steroid dienone is 1. The number of likely N-dealkylation sites (tertiary alicyclic amines) is 1. The Hall–Kier alpha value is -3.44. The van der Waals surface area contributed by atoms with Crippen LogP contribution in [0.3, 0.4) is 0 Å². The van der Waals surface area contributed by atoms with E-state index in [2.05, 4.69) is 10.4 Å². The molecule has 12 heteroatoms. The lowest BCUT2D eigenvalue weighted by atomic mass is 10.1. The van der Waals surface area contributed by atoms with Gasteiger partial charge in [-0.2, -0.15) is 18.3 Å². The van der Waals surface area contributed by atoms with Gasteiger partial charge in [-0.15, -0.1) is 0 Å². The topological polar surface area (TPSA) is 110 Å². The van der Waals surface area contributed by atoms with Gasteiger partial charge in [0.25, 0.3) is 5.91 Å². The van der Waals surface area contributed by atoms with Crippen LogP contribution in [-0.4, -0.2) is 57.2 Å². The predicted molar refractivity (Wildman–Crippen MR) is 104 cm³/mol. The van der Waals surface area contributed by atoms with E-state index in [-0.39, 0.29) is 24.2 Å². The molecule has 1 aromatic heterocycles. The third-order valence-corrected chi connectivity index (χ3v) is 5.62. The van der Waals surface area contributed by atoms with Crippen molar-refractivity contribution in [3.8, 4) is 0 Å². The fourth-order valence-corrected chi connectivity index (χ4v) is 4.21. The van der Waals surface area contributed by atoms with Crippen LogP contribution >= 0.6 is 0 Å². The summed E-state index contributed by atoms with van der Waals surface area (Å²) in [7, 11) is 0. The Bertz CT molecular complexity index is 1130. The first-order valence-corrected chi connectivity index (χ1v) is 9.83. The van der Waals surface area contributed by atoms with Gasteiger partial charge < -0.3 is 16.0 Å². The molecule has 1 aliphatic heterocycles. The lowest BCUT2D eigenvalue weighted by Crippen LogP contribution is -2.49. The van der Waals surface area contributed by atoms with E-state index in [0.717, 1.165) is 0 Å². The molecule has 0 spiro atoms. The minimum atomic E-state index is -4.83. The number of hydrogen-bond donors (Lipinski definition) is 2. The number of para-hydroxylation sites is 1. The highest BCUT2D eigenvalue weighted by Crippen LogP contribution is 2.48. The van der Waals surface area contributed by atoms with Gasteiger partial charge in [0, 0.05) is 11.4 Å². The molecule has 2 heterocycles. The van der Waals surface area contributed by atoms with Gasteiger partial charge in [0.2, 0.25) is 11.8 Å². The van der Waals surface area contributed by atoms with E-state index in [1.54, 1.807) is 24.3 Å². The van der Waals surface area contributed by atoms with E-state index in [1.807, 2.05) is 0 Å². The van der Waals surface area contributed by atoms with Crippen LogP contribution < -0.4 is 11.1 Å². The van der Waals surface area contributed by atoms with E-state index < -0.39 is 48.4 Å². The molecule has 2 aromatic rings. The number of halogens is 4. The summed E-state index contributed by atoms with van der Waals surface area (Å²) >= 11 is 0. The third kappa shape index (κ3) is 4.30. The first-order chi connectivity index (χ1) is 15.0. The molecule has 8 nitrogen and oxygen atoms in total. The Morgan fingerprint density at radius 1 is 1.22 bits per heavy atom. The minimum absolute atomic E-state index is 0.0142. The standard InChI is InChI=1S/C20H19F4N5O3/c21-11(7-20(22,23)24)8-26-19(32)15-6-10-5-14(10)29(15)16(30)9-28-13-4-2-1-3-12(13)17(27-28)18(25)31/h1-4,7,10,14-15H,5-6,8-9H2,(H2,25,31)(H,26,32)/t10-,14-,15+/m1/s1. The van der Waals surface area contributed by atoms with Gasteiger partial charge in [-0.05, 0) is 24.8 Å². The predicted octanol–water partition coefficient (Wildman–Crippen LogP) is 1.66. The molecule has 1 saturated heterocycles. The molecule has 1 aromatic carbocycles. The summed E-state index contributed by atoms with van der Waals surface area (Å²) in [5.41, 5.74) is 5.89. The first kappa shape index (κ1) is 21.8. The molecule has 0 radical (unpaired) electrons. The number of primary amides is 1. The monoisotopic (exact) mass is 453 g/mol. The zero-order chi connectivity index (χ0) is 23.2. The maximum Gasteiger partial charge on any atom is 0.412 e. The minimum Gasteiger partial charge on any atom is -0.364 e. The highest BCUT2D eigenvalue weighted by Gasteiger charge is 2.56. The van der Waals surface area contributed by atoms with Gasteiger partial charge in [-0.1, -0.05) is 18.2 Å².